The fourth-order valence-electron chi connectivity index (χ4n) is 1.73. The van der Waals surface area contributed by atoms with Gasteiger partial charge in [-0.1, -0.05) is 29.3 Å². The Morgan fingerprint density at radius 1 is 1.17 bits per heavy atom. The molecule has 18 heavy (non-hydrogen) atoms. The summed E-state index contributed by atoms with van der Waals surface area (Å²) in [6.45, 7) is 4.01. The predicted octanol–water partition coefficient (Wildman–Crippen LogP) is 4.87. The van der Waals surface area contributed by atoms with Crippen LogP contribution < -0.4 is 5.32 Å². The van der Waals surface area contributed by atoms with Gasteiger partial charge in [0.2, 0.25) is 0 Å². The van der Waals surface area contributed by atoms with Crippen LogP contribution in [0.3, 0.4) is 0 Å². The molecular formula is C14H14Cl2N2. The number of aryl methyl sites for hydroxylation is 1. The molecule has 0 aliphatic rings. The van der Waals surface area contributed by atoms with Crippen molar-refractivity contribution in [2.45, 2.75) is 19.9 Å². The lowest BCUT2D eigenvalue weighted by molar-refractivity contribution is 0.882. The van der Waals surface area contributed by atoms with Gasteiger partial charge < -0.3 is 5.32 Å². The SMILES string of the molecule is Cc1ccc(NC(C)c2ccc(Cl)cc2Cl)cn1. The maximum absolute atomic E-state index is 6.18. The molecule has 1 atom stereocenters. The standard InChI is InChI=1S/C14H14Cl2N2/c1-9-3-5-12(8-17-9)18-10(2)13-6-4-11(15)7-14(13)16/h3-8,10,18H,1-2H3. The van der Waals surface area contributed by atoms with Gasteiger partial charge in [0.15, 0.2) is 0 Å². The third-order valence-corrected chi connectivity index (χ3v) is 3.29. The summed E-state index contributed by atoms with van der Waals surface area (Å²) in [6.07, 6.45) is 1.82. The molecule has 94 valence electrons. The number of nitrogens with zero attached hydrogens (tertiary/aromatic N) is 1. The van der Waals surface area contributed by atoms with E-state index in [2.05, 4.69) is 17.2 Å². The van der Waals surface area contributed by atoms with Crippen molar-refractivity contribution in [3.05, 3.63) is 57.8 Å². The average molecular weight is 281 g/mol. The maximum atomic E-state index is 6.18. The van der Waals surface area contributed by atoms with Crippen LogP contribution in [0.1, 0.15) is 24.2 Å². The maximum Gasteiger partial charge on any atom is 0.0531 e. The first-order valence-electron chi connectivity index (χ1n) is 5.70. The van der Waals surface area contributed by atoms with Crippen LogP contribution in [0.5, 0.6) is 0 Å². The van der Waals surface area contributed by atoms with Gasteiger partial charge in [-0.3, -0.25) is 4.98 Å². The highest BCUT2D eigenvalue weighted by Crippen LogP contribution is 2.28. The van der Waals surface area contributed by atoms with E-state index in [0.29, 0.717) is 10.0 Å². The third-order valence-electron chi connectivity index (χ3n) is 2.72. The summed E-state index contributed by atoms with van der Waals surface area (Å²) in [7, 11) is 0. The molecule has 1 aromatic heterocycles. The first kappa shape index (κ1) is 13.2. The van der Waals surface area contributed by atoms with E-state index in [1.807, 2.05) is 37.4 Å². The highest BCUT2D eigenvalue weighted by Gasteiger charge is 2.09. The Labute approximate surface area is 117 Å². The monoisotopic (exact) mass is 280 g/mol. The Morgan fingerprint density at radius 2 is 1.94 bits per heavy atom. The van der Waals surface area contributed by atoms with Gasteiger partial charge in [0, 0.05) is 15.7 Å². The van der Waals surface area contributed by atoms with Crippen molar-refractivity contribution in [3.8, 4) is 0 Å². The highest BCUT2D eigenvalue weighted by atomic mass is 35.5. The molecule has 1 unspecified atom stereocenters. The Bertz CT molecular complexity index is 538. The predicted molar refractivity (Wildman–Crippen MR) is 77.5 cm³/mol. The van der Waals surface area contributed by atoms with E-state index in [-0.39, 0.29) is 6.04 Å². The zero-order chi connectivity index (χ0) is 13.1. The molecule has 0 radical (unpaired) electrons. The fourth-order valence-corrected chi connectivity index (χ4v) is 2.31. The van der Waals surface area contributed by atoms with Crippen molar-refractivity contribution >= 4 is 28.9 Å². The van der Waals surface area contributed by atoms with Gasteiger partial charge >= 0.3 is 0 Å². The molecule has 0 amide bonds. The molecule has 0 spiro atoms. The van der Waals surface area contributed by atoms with Crippen LogP contribution in [0.25, 0.3) is 0 Å². The quantitative estimate of drug-likeness (QED) is 0.868. The van der Waals surface area contributed by atoms with E-state index < -0.39 is 0 Å². The number of pyridine rings is 1. The van der Waals surface area contributed by atoms with Crippen LogP contribution in [0.15, 0.2) is 36.5 Å². The second-order valence-corrected chi connectivity index (χ2v) is 5.06. The number of rotatable bonds is 3. The minimum absolute atomic E-state index is 0.0965. The number of hydrogen-bond donors (Lipinski definition) is 1. The largest absolute Gasteiger partial charge is 0.377 e. The molecule has 1 aromatic carbocycles. The Hall–Kier alpha value is -1.25. The van der Waals surface area contributed by atoms with Crippen LogP contribution in [0.2, 0.25) is 10.0 Å². The molecule has 1 heterocycles. The summed E-state index contributed by atoms with van der Waals surface area (Å²) in [5, 5.41) is 4.67. The van der Waals surface area contributed by atoms with Crippen molar-refractivity contribution < 1.29 is 0 Å². The van der Waals surface area contributed by atoms with E-state index in [4.69, 9.17) is 23.2 Å². The van der Waals surface area contributed by atoms with Crippen molar-refractivity contribution in [1.29, 1.82) is 0 Å². The minimum Gasteiger partial charge on any atom is -0.377 e. The summed E-state index contributed by atoms with van der Waals surface area (Å²) in [6, 6.07) is 9.60. The molecule has 0 aliphatic carbocycles. The van der Waals surface area contributed by atoms with Crippen molar-refractivity contribution in [3.63, 3.8) is 0 Å². The van der Waals surface area contributed by atoms with Crippen molar-refractivity contribution in [2.24, 2.45) is 0 Å². The first-order chi connectivity index (χ1) is 8.56. The van der Waals surface area contributed by atoms with Crippen LogP contribution in [-0.2, 0) is 0 Å². The molecule has 2 rings (SSSR count). The van der Waals surface area contributed by atoms with E-state index >= 15 is 0 Å². The molecule has 0 saturated carbocycles. The average Bonchev–Trinajstić information content (AvgIpc) is 2.32. The van der Waals surface area contributed by atoms with E-state index in [0.717, 1.165) is 16.9 Å². The van der Waals surface area contributed by atoms with Gasteiger partial charge in [0.05, 0.1) is 17.9 Å². The van der Waals surface area contributed by atoms with Crippen molar-refractivity contribution in [1.82, 2.24) is 4.98 Å². The van der Waals surface area contributed by atoms with Crippen LogP contribution >= 0.6 is 23.2 Å². The summed E-state index contributed by atoms with van der Waals surface area (Å²) < 4.78 is 0. The Morgan fingerprint density at radius 3 is 2.56 bits per heavy atom. The third kappa shape index (κ3) is 3.15. The number of halogens is 2. The van der Waals surface area contributed by atoms with Gasteiger partial charge in [-0.2, -0.15) is 0 Å². The fraction of sp³-hybridized carbons (Fsp3) is 0.214. The molecule has 2 aromatic rings. The molecule has 0 aliphatic heterocycles. The summed E-state index contributed by atoms with van der Waals surface area (Å²) in [4.78, 5) is 4.25. The number of hydrogen-bond acceptors (Lipinski definition) is 2. The summed E-state index contributed by atoms with van der Waals surface area (Å²) >= 11 is 12.1. The smallest absolute Gasteiger partial charge is 0.0531 e. The van der Waals surface area contributed by atoms with Gasteiger partial charge in [-0.25, -0.2) is 0 Å². The van der Waals surface area contributed by atoms with E-state index in [1.54, 1.807) is 6.07 Å². The Kier molecular flexibility index (Phi) is 4.10. The lowest BCUT2D eigenvalue weighted by atomic mass is 10.1. The van der Waals surface area contributed by atoms with Crippen molar-refractivity contribution in [2.75, 3.05) is 5.32 Å². The van der Waals surface area contributed by atoms with Gasteiger partial charge in [0.25, 0.3) is 0 Å². The normalized spacial score (nSPS) is 12.2. The molecule has 0 fully saturated rings. The molecule has 0 bridgehead atoms. The highest BCUT2D eigenvalue weighted by molar-refractivity contribution is 6.35. The molecular weight excluding hydrogens is 267 g/mol. The van der Waals surface area contributed by atoms with Crippen LogP contribution in [0, 0.1) is 6.92 Å². The van der Waals surface area contributed by atoms with E-state index in [1.165, 1.54) is 0 Å². The molecule has 1 N–H and O–H groups in total. The molecule has 2 nitrogen and oxygen atoms in total. The first-order valence-corrected chi connectivity index (χ1v) is 6.46. The lowest BCUT2D eigenvalue weighted by Crippen LogP contribution is -2.07. The van der Waals surface area contributed by atoms with Gasteiger partial charge in [0.1, 0.15) is 0 Å². The van der Waals surface area contributed by atoms with Gasteiger partial charge in [-0.15, -0.1) is 0 Å². The summed E-state index contributed by atoms with van der Waals surface area (Å²) in [5.41, 5.74) is 2.98. The number of aromatic nitrogens is 1. The zero-order valence-electron chi connectivity index (χ0n) is 10.2. The van der Waals surface area contributed by atoms with E-state index in [9.17, 15) is 0 Å². The van der Waals surface area contributed by atoms with Crippen LogP contribution in [-0.4, -0.2) is 4.98 Å². The number of nitrogens with one attached hydrogen (secondary N) is 1. The molecule has 4 heteroatoms. The lowest BCUT2D eigenvalue weighted by Gasteiger charge is -2.17. The minimum atomic E-state index is 0.0965. The van der Waals surface area contributed by atoms with Crippen LogP contribution in [0.4, 0.5) is 5.69 Å². The second-order valence-electron chi connectivity index (χ2n) is 4.22. The number of anilines is 1. The molecule has 0 saturated heterocycles. The topological polar surface area (TPSA) is 24.9 Å². The summed E-state index contributed by atoms with van der Waals surface area (Å²) in [5.74, 6) is 0. The zero-order valence-corrected chi connectivity index (χ0v) is 11.8. The second kappa shape index (κ2) is 5.59. The van der Waals surface area contributed by atoms with Gasteiger partial charge in [-0.05, 0) is 43.7 Å². The number of benzene rings is 1. The Balaban J connectivity index is 2.16.